The van der Waals surface area contributed by atoms with Gasteiger partial charge in [-0.1, -0.05) is 53.2 Å². The Morgan fingerprint density at radius 1 is 1.06 bits per heavy atom. The van der Waals surface area contributed by atoms with Gasteiger partial charge < -0.3 is 5.32 Å². The smallest absolute Gasteiger partial charge is 0.0412 e. The highest BCUT2D eigenvalue weighted by Crippen LogP contribution is 2.21. The molecule has 94 valence electrons. The lowest BCUT2D eigenvalue weighted by Crippen LogP contribution is -2.02. The topological polar surface area (TPSA) is 12.0 Å². The molecule has 0 atom stereocenters. The second-order valence-electron chi connectivity index (χ2n) is 4.46. The van der Waals surface area contributed by atoms with Crippen molar-refractivity contribution in [3.8, 4) is 0 Å². The van der Waals surface area contributed by atoms with E-state index in [4.69, 9.17) is 0 Å². The number of halogens is 1. The molecule has 2 aromatic carbocycles. The van der Waals surface area contributed by atoms with Crippen molar-refractivity contribution in [3.63, 3.8) is 0 Å². The van der Waals surface area contributed by atoms with E-state index in [0.717, 1.165) is 13.0 Å². The van der Waals surface area contributed by atoms with Gasteiger partial charge in [0.15, 0.2) is 0 Å². The highest BCUT2D eigenvalue weighted by Gasteiger charge is 2.02. The molecule has 0 unspecified atom stereocenters. The van der Waals surface area contributed by atoms with Crippen LogP contribution in [-0.2, 0) is 13.0 Å². The fourth-order valence-corrected chi connectivity index (χ4v) is 2.62. The van der Waals surface area contributed by atoms with Gasteiger partial charge in [-0.2, -0.15) is 0 Å². The van der Waals surface area contributed by atoms with Gasteiger partial charge in [0.1, 0.15) is 0 Å². The van der Waals surface area contributed by atoms with Crippen LogP contribution in [0.4, 0.5) is 5.69 Å². The molecule has 0 heterocycles. The first-order chi connectivity index (χ1) is 8.70. The molecule has 0 amide bonds. The number of anilines is 1. The summed E-state index contributed by atoms with van der Waals surface area (Å²) in [6.07, 6.45) is 1.05. The SMILES string of the molecule is CCc1ccccc1NCc1ccc(C)cc1Br. The van der Waals surface area contributed by atoms with E-state index < -0.39 is 0 Å². The molecule has 1 nitrogen and oxygen atoms in total. The Balaban J connectivity index is 2.11. The van der Waals surface area contributed by atoms with Crippen LogP contribution in [0, 0.1) is 6.92 Å². The molecule has 2 heteroatoms. The van der Waals surface area contributed by atoms with Crippen molar-refractivity contribution >= 4 is 21.6 Å². The van der Waals surface area contributed by atoms with E-state index in [1.807, 2.05) is 0 Å². The van der Waals surface area contributed by atoms with E-state index in [9.17, 15) is 0 Å². The molecule has 0 saturated heterocycles. The molecule has 0 bridgehead atoms. The summed E-state index contributed by atoms with van der Waals surface area (Å²) < 4.78 is 1.17. The van der Waals surface area contributed by atoms with Crippen LogP contribution in [0.1, 0.15) is 23.6 Å². The molecule has 0 spiro atoms. The van der Waals surface area contributed by atoms with Gasteiger partial charge in [-0.3, -0.25) is 0 Å². The largest absolute Gasteiger partial charge is 0.381 e. The summed E-state index contributed by atoms with van der Waals surface area (Å²) in [6, 6.07) is 14.9. The predicted molar refractivity (Wildman–Crippen MR) is 82.0 cm³/mol. The van der Waals surface area contributed by atoms with Crippen LogP contribution in [0.15, 0.2) is 46.9 Å². The second-order valence-corrected chi connectivity index (χ2v) is 5.31. The van der Waals surface area contributed by atoms with Gasteiger partial charge in [0.25, 0.3) is 0 Å². The van der Waals surface area contributed by atoms with Crippen LogP contribution in [0.3, 0.4) is 0 Å². The lowest BCUT2D eigenvalue weighted by atomic mass is 10.1. The van der Waals surface area contributed by atoms with Crippen LogP contribution >= 0.6 is 15.9 Å². The van der Waals surface area contributed by atoms with Crippen LogP contribution in [0.5, 0.6) is 0 Å². The van der Waals surface area contributed by atoms with Crippen molar-refractivity contribution in [1.82, 2.24) is 0 Å². The van der Waals surface area contributed by atoms with Crippen molar-refractivity contribution in [2.75, 3.05) is 5.32 Å². The average Bonchev–Trinajstić information content (AvgIpc) is 2.38. The fraction of sp³-hybridized carbons (Fsp3) is 0.250. The Hall–Kier alpha value is -1.28. The van der Waals surface area contributed by atoms with Crippen molar-refractivity contribution in [2.24, 2.45) is 0 Å². The van der Waals surface area contributed by atoms with E-state index in [2.05, 4.69) is 77.6 Å². The Labute approximate surface area is 117 Å². The molecule has 0 aromatic heterocycles. The third-order valence-electron chi connectivity index (χ3n) is 3.08. The summed E-state index contributed by atoms with van der Waals surface area (Å²) in [7, 11) is 0. The highest BCUT2D eigenvalue weighted by atomic mass is 79.9. The summed E-state index contributed by atoms with van der Waals surface area (Å²) in [5.74, 6) is 0. The molecule has 2 rings (SSSR count). The molecular formula is C16H18BrN. The van der Waals surface area contributed by atoms with E-state index in [1.54, 1.807) is 0 Å². The maximum Gasteiger partial charge on any atom is 0.0412 e. The zero-order chi connectivity index (χ0) is 13.0. The molecule has 2 aromatic rings. The zero-order valence-electron chi connectivity index (χ0n) is 10.8. The number of aryl methyl sites for hydroxylation is 2. The molecule has 0 aliphatic heterocycles. The molecule has 0 aliphatic rings. The first kappa shape index (κ1) is 13.2. The number of para-hydroxylation sites is 1. The maximum absolute atomic E-state index is 3.62. The third-order valence-corrected chi connectivity index (χ3v) is 3.81. The summed E-state index contributed by atoms with van der Waals surface area (Å²) in [6.45, 7) is 5.13. The van der Waals surface area contributed by atoms with Gasteiger partial charge in [0, 0.05) is 16.7 Å². The van der Waals surface area contributed by atoms with Crippen LogP contribution in [-0.4, -0.2) is 0 Å². The lowest BCUT2D eigenvalue weighted by Gasteiger charge is -2.12. The monoisotopic (exact) mass is 303 g/mol. The van der Waals surface area contributed by atoms with Crippen LogP contribution in [0.2, 0.25) is 0 Å². The number of hydrogen-bond donors (Lipinski definition) is 1. The summed E-state index contributed by atoms with van der Waals surface area (Å²) in [5.41, 5.74) is 5.15. The number of hydrogen-bond acceptors (Lipinski definition) is 1. The summed E-state index contributed by atoms with van der Waals surface area (Å²) in [4.78, 5) is 0. The zero-order valence-corrected chi connectivity index (χ0v) is 12.4. The number of benzene rings is 2. The molecule has 1 N–H and O–H groups in total. The Kier molecular flexibility index (Phi) is 4.43. The molecule has 0 saturated carbocycles. The minimum Gasteiger partial charge on any atom is -0.381 e. The number of rotatable bonds is 4. The van der Waals surface area contributed by atoms with Crippen LogP contribution in [0.25, 0.3) is 0 Å². The van der Waals surface area contributed by atoms with Gasteiger partial charge >= 0.3 is 0 Å². The van der Waals surface area contributed by atoms with Gasteiger partial charge in [-0.05, 0) is 42.2 Å². The first-order valence-electron chi connectivity index (χ1n) is 6.27. The molecular weight excluding hydrogens is 286 g/mol. The van der Waals surface area contributed by atoms with Crippen molar-refractivity contribution in [2.45, 2.75) is 26.8 Å². The Morgan fingerprint density at radius 3 is 2.56 bits per heavy atom. The normalized spacial score (nSPS) is 10.4. The van der Waals surface area contributed by atoms with E-state index in [0.29, 0.717) is 0 Å². The minimum absolute atomic E-state index is 0.845. The molecule has 0 radical (unpaired) electrons. The minimum atomic E-state index is 0.845. The first-order valence-corrected chi connectivity index (χ1v) is 7.07. The van der Waals surface area contributed by atoms with E-state index in [1.165, 1.54) is 26.9 Å². The van der Waals surface area contributed by atoms with E-state index in [-0.39, 0.29) is 0 Å². The number of nitrogens with one attached hydrogen (secondary N) is 1. The third kappa shape index (κ3) is 3.14. The molecule has 0 aliphatic carbocycles. The lowest BCUT2D eigenvalue weighted by molar-refractivity contribution is 1.08. The van der Waals surface area contributed by atoms with Crippen molar-refractivity contribution in [3.05, 3.63) is 63.6 Å². The standard InChI is InChI=1S/C16H18BrN/c1-3-13-6-4-5-7-16(13)18-11-14-9-8-12(2)10-15(14)17/h4-10,18H,3,11H2,1-2H3. The fourth-order valence-electron chi connectivity index (χ4n) is 1.99. The molecule has 0 fully saturated rings. The second kappa shape index (κ2) is 6.05. The highest BCUT2D eigenvalue weighted by molar-refractivity contribution is 9.10. The summed E-state index contributed by atoms with van der Waals surface area (Å²) in [5, 5.41) is 3.51. The average molecular weight is 304 g/mol. The van der Waals surface area contributed by atoms with Crippen molar-refractivity contribution < 1.29 is 0 Å². The predicted octanol–water partition coefficient (Wildman–Crippen LogP) is 4.93. The summed E-state index contributed by atoms with van der Waals surface area (Å²) >= 11 is 3.62. The van der Waals surface area contributed by atoms with Crippen LogP contribution < -0.4 is 5.32 Å². The molecule has 18 heavy (non-hydrogen) atoms. The van der Waals surface area contributed by atoms with E-state index >= 15 is 0 Å². The van der Waals surface area contributed by atoms with Gasteiger partial charge in [0.05, 0.1) is 0 Å². The maximum atomic E-state index is 3.62. The van der Waals surface area contributed by atoms with Gasteiger partial charge in [-0.15, -0.1) is 0 Å². The Bertz CT molecular complexity index is 534. The quantitative estimate of drug-likeness (QED) is 0.844. The Morgan fingerprint density at radius 2 is 1.83 bits per heavy atom. The van der Waals surface area contributed by atoms with Gasteiger partial charge in [0.2, 0.25) is 0 Å². The van der Waals surface area contributed by atoms with Crippen molar-refractivity contribution in [1.29, 1.82) is 0 Å². The van der Waals surface area contributed by atoms with Gasteiger partial charge in [-0.25, -0.2) is 0 Å².